The highest BCUT2D eigenvalue weighted by Gasteiger charge is 2.23. The van der Waals surface area contributed by atoms with Gasteiger partial charge in [0, 0.05) is 16.3 Å². The molecule has 0 saturated heterocycles. The zero-order valence-corrected chi connectivity index (χ0v) is 21.4. The van der Waals surface area contributed by atoms with Crippen molar-refractivity contribution in [2.75, 3.05) is 0 Å². The molecule has 0 unspecified atom stereocenters. The van der Waals surface area contributed by atoms with Crippen LogP contribution in [0.15, 0.2) is 132 Å². The second-order valence-corrected chi connectivity index (χ2v) is 10.2. The number of furan rings is 1. The van der Waals surface area contributed by atoms with E-state index in [-0.39, 0.29) is 0 Å². The summed E-state index contributed by atoms with van der Waals surface area (Å²) in [7, 11) is 0. The van der Waals surface area contributed by atoms with Crippen LogP contribution in [0.4, 0.5) is 0 Å². The van der Waals surface area contributed by atoms with Crippen molar-refractivity contribution in [3.63, 3.8) is 0 Å². The third-order valence-electron chi connectivity index (χ3n) is 7.99. The van der Waals surface area contributed by atoms with Gasteiger partial charge in [0.25, 0.3) is 0 Å². The number of nitrogens with zero attached hydrogens (tertiary/aromatic N) is 3. The van der Waals surface area contributed by atoms with Gasteiger partial charge in [0.05, 0.1) is 16.4 Å². The summed E-state index contributed by atoms with van der Waals surface area (Å²) in [5.74, 6) is 1.41. The lowest BCUT2D eigenvalue weighted by Gasteiger charge is -2.10. The predicted octanol–water partition coefficient (Wildman–Crippen LogP) is 9.45. The van der Waals surface area contributed by atoms with Crippen LogP contribution in [-0.2, 0) is 0 Å². The molecule has 3 aromatic heterocycles. The molecule has 0 bridgehead atoms. The zero-order valence-electron chi connectivity index (χ0n) is 21.4. The molecule has 0 fully saturated rings. The Morgan fingerprint density at radius 2 is 1.15 bits per heavy atom. The smallest absolute Gasteiger partial charge is 0.197 e. The molecular weight excluding hydrogens is 490 g/mol. The van der Waals surface area contributed by atoms with Crippen LogP contribution < -0.4 is 0 Å². The fourth-order valence-electron chi connectivity index (χ4n) is 6.23. The molecule has 0 amide bonds. The van der Waals surface area contributed by atoms with E-state index in [1.54, 1.807) is 0 Å². The summed E-state index contributed by atoms with van der Waals surface area (Å²) in [5.41, 5.74) is 5.44. The van der Waals surface area contributed by atoms with Gasteiger partial charge in [0.15, 0.2) is 17.2 Å². The Balaban J connectivity index is 1.51. The van der Waals surface area contributed by atoms with Crippen LogP contribution in [0.2, 0.25) is 0 Å². The van der Waals surface area contributed by atoms with Gasteiger partial charge in [0.1, 0.15) is 11.1 Å². The highest BCUT2D eigenvalue weighted by molar-refractivity contribution is 6.23. The van der Waals surface area contributed by atoms with E-state index in [1.165, 1.54) is 21.5 Å². The van der Waals surface area contributed by atoms with Gasteiger partial charge in [-0.3, -0.25) is 4.57 Å². The van der Waals surface area contributed by atoms with E-state index in [2.05, 4.69) is 108 Å². The molecular formula is C36H21N3O. The van der Waals surface area contributed by atoms with Gasteiger partial charge in [-0.1, -0.05) is 109 Å². The quantitative estimate of drug-likeness (QED) is 0.232. The summed E-state index contributed by atoms with van der Waals surface area (Å²) in [5, 5.41) is 8.12. The summed E-state index contributed by atoms with van der Waals surface area (Å²) in [6, 6.07) is 44.3. The van der Waals surface area contributed by atoms with E-state index in [4.69, 9.17) is 14.4 Å². The van der Waals surface area contributed by atoms with Gasteiger partial charge >= 0.3 is 0 Å². The Labute approximate surface area is 228 Å². The minimum Gasteiger partial charge on any atom is -0.450 e. The van der Waals surface area contributed by atoms with Gasteiger partial charge in [-0.05, 0) is 39.7 Å². The van der Waals surface area contributed by atoms with Gasteiger partial charge < -0.3 is 4.42 Å². The zero-order chi connectivity index (χ0) is 26.2. The van der Waals surface area contributed by atoms with Crippen LogP contribution in [0.25, 0.3) is 82.6 Å². The topological polar surface area (TPSA) is 43.9 Å². The number of hydrogen-bond donors (Lipinski definition) is 0. The maximum atomic E-state index is 6.65. The number of fused-ring (bicyclic) bond motifs is 10. The molecule has 0 N–H and O–H groups in total. The van der Waals surface area contributed by atoms with Crippen LogP contribution in [0.1, 0.15) is 0 Å². The van der Waals surface area contributed by atoms with Gasteiger partial charge in [-0.25, -0.2) is 9.97 Å². The van der Waals surface area contributed by atoms with Crippen molar-refractivity contribution in [3.05, 3.63) is 127 Å². The molecule has 0 spiro atoms. The molecule has 0 saturated carbocycles. The Bertz CT molecular complexity index is 2430. The van der Waals surface area contributed by atoms with E-state index in [0.717, 1.165) is 49.7 Å². The third kappa shape index (κ3) is 2.90. The van der Waals surface area contributed by atoms with Crippen LogP contribution in [0.3, 0.4) is 0 Å². The molecule has 0 aliphatic rings. The molecule has 4 heteroatoms. The number of hydrogen-bond acceptors (Lipinski definition) is 3. The Kier molecular flexibility index (Phi) is 4.30. The van der Waals surface area contributed by atoms with Crippen molar-refractivity contribution in [2.45, 2.75) is 0 Å². The predicted molar refractivity (Wildman–Crippen MR) is 164 cm³/mol. The van der Waals surface area contributed by atoms with Crippen LogP contribution in [0, 0.1) is 0 Å². The van der Waals surface area contributed by atoms with Gasteiger partial charge in [0.2, 0.25) is 0 Å². The summed E-state index contributed by atoms with van der Waals surface area (Å²) in [6.45, 7) is 0. The normalized spacial score (nSPS) is 12.0. The Morgan fingerprint density at radius 1 is 0.500 bits per heavy atom. The van der Waals surface area contributed by atoms with Crippen LogP contribution in [0.5, 0.6) is 0 Å². The second-order valence-electron chi connectivity index (χ2n) is 10.2. The van der Waals surface area contributed by atoms with E-state index >= 15 is 0 Å². The third-order valence-corrected chi connectivity index (χ3v) is 7.99. The second kappa shape index (κ2) is 8.01. The van der Waals surface area contributed by atoms with Crippen molar-refractivity contribution in [1.29, 1.82) is 0 Å². The molecule has 0 radical (unpaired) electrons. The first kappa shape index (κ1) is 21.5. The molecule has 9 rings (SSSR count). The van der Waals surface area contributed by atoms with E-state index in [9.17, 15) is 0 Å². The molecule has 0 aliphatic carbocycles. The number of aromatic nitrogens is 3. The molecule has 186 valence electrons. The molecule has 9 aromatic rings. The SMILES string of the molecule is c1ccc(-c2nc(-n3c4ccccc4c4c5ccccc5ccc43)c3oc4ccc5ccccc5c4c3n2)cc1. The maximum absolute atomic E-state index is 6.65. The Morgan fingerprint density at radius 3 is 1.95 bits per heavy atom. The van der Waals surface area contributed by atoms with Gasteiger partial charge in [-0.2, -0.15) is 0 Å². The van der Waals surface area contributed by atoms with Crippen molar-refractivity contribution in [1.82, 2.24) is 14.5 Å². The first-order valence-electron chi connectivity index (χ1n) is 13.4. The van der Waals surface area contributed by atoms with E-state index in [0.29, 0.717) is 11.4 Å². The molecule has 6 aromatic carbocycles. The van der Waals surface area contributed by atoms with Crippen LogP contribution >= 0.6 is 0 Å². The van der Waals surface area contributed by atoms with Gasteiger partial charge in [-0.15, -0.1) is 0 Å². The molecule has 0 atom stereocenters. The lowest BCUT2D eigenvalue weighted by molar-refractivity contribution is 0.662. The summed E-state index contributed by atoms with van der Waals surface area (Å²) >= 11 is 0. The molecule has 3 heterocycles. The van der Waals surface area contributed by atoms with Crippen molar-refractivity contribution in [2.24, 2.45) is 0 Å². The lowest BCUT2D eigenvalue weighted by atomic mass is 10.0. The van der Waals surface area contributed by atoms with Crippen molar-refractivity contribution in [3.8, 4) is 17.2 Å². The summed E-state index contributed by atoms with van der Waals surface area (Å²) < 4.78 is 8.89. The molecule has 40 heavy (non-hydrogen) atoms. The van der Waals surface area contributed by atoms with E-state index in [1.807, 2.05) is 24.3 Å². The standard InChI is InChI=1S/C36H21N3O/c1-2-12-24(13-3-1)35-37-33-32-26-15-7-5-11-23(26)19-21-30(32)40-34(33)36(38-35)39-28-17-9-8-16-27(28)31-25-14-6-4-10-22(25)18-20-29(31)39/h1-21H. The summed E-state index contributed by atoms with van der Waals surface area (Å²) in [6.07, 6.45) is 0. The molecule has 0 aliphatic heterocycles. The van der Waals surface area contributed by atoms with E-state index < -0.39 is 0 Å². The number of rotatable bonds is 2. The fraction of sp³-hybridized carbons (Fsp3) is 0. The first-order chi connectivity index (χ1) is 19.8. The van der Waals surface area contributed by atoms with Crippen molar-refractivity contribution >= 4 is 65.4 Å². The van der Waals surface area contributed by atoms with Crippen LogP contribution in [-0.4, -0.2) is 14.5 Å². The Hall–Kier alpha value is -5.48. The lowest BCUT2D eigenvalue weighted by Crippen LogP contribution is -2.01. The highest BCUT2D eigenvalue weighted by Crippen LogP contribution is 2.41. The highest BCUT2D eigenvalue weighted by atomic mass is 16.3. The molecule has 4 nitrogen and oxygen atoms in total. The summed E-state index contributed by atoms with van der Waals surface area (Å²) in [4.78, 5) is 10.4. The minimum absolute atomic E-state index is 0.672. The number of para-hydroxylation sites is 1. The average molecular weight is 512 g/mol. The first-order valence-corrected chi connectivity index (χ1v) is 13.4. The largest absolute Gasteiger partial charge is 0.450 e. The number of benzene rings is 6. The van der Waals surface area contributed by atoms with Crippen molar-refractivity contribution < 1.29 is 4.42 Å². The maximum Gasteiger partial charge on any atom is 0.197 e. The fourth-order valence-corrected chi connectivity index (χ4v) is 6.23. The monoisotopic (exact) mass is 511 g/mol. The minimum atomic E-state index is 0.672. The average Bonchev–Trinajstić information content (AvgIpc) is 3.57.